The van der Waals surface area contributed by atoms with Crippen LogP contribution >= 0.6 is 12.4 Å². The topological polar surface area (TPSA) is 0 Å². The molecule has 0 unspecified atom stereocenters. The van der Waals surface area contributed by atoms with Gasteiger partial charge in [-0.25, -0.2) is 0 Å². The van der Waals surface area contributed by atoms with Gasteiger partial charge in [-0.05, 0) is 0 Å². The van der Waals surface area contributed by atoms with Crippen molar-refractivity contribution in [1.82, 2.24) is 0 Å². The van der Waals surface area contributed by atoms with Crippen molar-refractivity contribution in [3.05, 3.63) is 29.8 Å². The van der Waals surface area contributed by atoms with E-state index in [9.17, 15) is 13.2 Å². The number of rotatable bonds is 0. The number of hydrogen-bond donors (Lipinski definition) is 0. The molecule has 1 aromatic carbocycles. The zero-order valence-corrected chi connectivity index (χ0v) is 8.29. The maximum atomic E-state index is 12.0. The molecule has 0 spiro atoms. The van der Waals surface area contributed by atoms with Crippen LogP contribution in [0.3, 0.4) is 0 Å². The van der Waals surface area contributed by atoms with Crippen molar-refractivity contribution in [2.24, 2.45) is 0 Å². The monoisotopic (exact) mass is 261 g/mol. The average molecular weight is 261 g/mol. The summed E-state index contributed by atoms with van der Waals surface area (Å²) >= 11 is 2.51. The number of hydrogen-bond acceptors (Lipinski definition) is 0. The van der Waals surface area contributed by atoms with E-state index in [4.69, 9.17) is 0 Å². The second-order valence-electron chi connectivity index (χ2n) is 2.03. The Labute approximate surface area is 82.4 Å². The molecule has 0 heterocycles. The van der Waals surface area contributed by atoms with Gasteiger partial charge in [0.05, 0.1) is 0 Å². The molecule has 0 saturated carbocycles. The molecule has 1 aromatic rings. The molecule has 1 rings (SSSR count). The van der Waals surface area contributed by atoms with Crippen molar-refractivity contribution in [1.29, 1.82) is 0 Å². The van der Waals surface area contributed by atoms with Crippen LogP contribution in [0.2, 0.25) is 0 Å². The Balaban J connectivity index is 0.00000121. The third kappa shape index (κ3) is 3.05. The molecule has 1 radical (unpaired) electrons. The van der Waals surface area contributed by atoms with Crippen molar-refractivity contribution in [2.45, 2.75) is 6.18 Å². The van der Waals surface area contributed by atoms with Crippen molar-refractivity contribution in [3.63, 3.8) is 0 Å². The number of benzene rings is 1. The average Bonchev–Trinajstić information content (AvgIpc) is 1.86. The van der Waals surface area contributed by atoms with Crippen LogP contribution in [0.5, 0.6) is 0 Å². The zero-order valence-electron chi connectivity index (χ0n) is 5.76. The summed E-state index contributed by atoms with van der Waals surface area (Å²) in [7, 11) is 0. The van der Waals surface area contributed by atoms with Crippen molar-refractivity contribution >= 4 is 32.9 Å². The van der Waals surface area contributed by atoms with Crippen LogP contribution < -0.4 is 4.46 Å². The molecule has 0 atom stereocenters. The standard InChI is InChI=1S/C7H4F3Se.ClH/c8-7(9,10)5-2-1-3-6(11)4-5;/h1-4H;1H. The van der Waals surface area contributed by atoms with E-state index in [0.29, 0.717) is 4.46 Å². The molecule has 0 N–H and O–H groups in total. The van der Waals surface area contributed by atoms with E-state index >= 15 is 0 Å². The normalized spacial score (nSPS) is 10.6. The summed E-state index contributed by atoms with van der Waals surface area (Å²) in [5, 5.41) is 0. The first-order chi connectivity index (χ1) is 5.00. The molecular formula is C7H5ClF3Se. The van der Waals surface area contributed by atoms with E-state index in [-0.39, 0.29) is 12.4 Å². The SMILES string of the molecule is Cl.FC(F)(F)c1cccc([Se])c1. The van der Waals surface area contributed by atoms with Gasteiger partial charge in [0, 0.05) is 0 Å². The Morgan fingerprint density at radius 2 is 1.75 bits per heavy atom. The second kappa shape index (κ2) is 4.17. The van der Waals surface area contributed by atoms with E-state index in [2.05, 4.69) is 16.0 Å². The van der Waals surface area contributed by atoms with Gasteiger partial charge in [-0.3, -0.25) is 0 Å². The van der Waals surface area contributed by atoms with Gasteiger partial charge in [0.25, 0.3) is 0 Å². The molecule has 0 bridgehead atoms. The summed E-state index contributed by atoms with van der Waals surface area (Å²) in [5.74, 6) is 0. The number of halogens is 4. The Morgan fingerprint density at radius 1 is 1.17 bits per heavy atom. The van der Waals surface area contributed by atoms with E-state index in [1.165, 1.54) is 6.07 Å². The first-order valence-corrected chi connectivity index (χ1v) is 3.70. The van der Waals surface area contributed by atoms with Gasteiger partial charge in [0.15, 0.2) is 0 Å². The molecule has 0 aliphatic carbocycles. The third-order valence-electron chi connectivity index (χ3n) is 1.16. The summed E-state index contributed by atoms with van der Waals surface area (Å²) in [5.41, 5.74) is -0.617. The van der Waals surface area contributed by atoms with Crippen LogP contribution in [0.1, 0.15) is 5.56 Å². The molecule has 5 heteroatoms. The van der Waals surface area contributed by atoms with Crippen LogP contribution in [-0.4, -0.2) is 16.0 Å². The summed E-state index contributed by atoms with van der Waals surface area (Å²) in [6, 6.07) is 5.06. The van der Waals surface area contributed by atoms with Crippen molar-refractivity contribution in [2.75, 3.05) is 0 Å². The molecule has 0 nitrogen and oxygen atoms in total. The Morgan fingerprint density at radius 3 is 2.08 bits per heavy atom. The van der Waals surface area contributed by atoms with Gasteiger partial charge in [0.1, 0.15) is 0 Å². The van der Waals surface area contributed by atoms with Crippen LogP contribution in [0.4, 0.5) is 13.2 Å². The van der Waals surface area contributed by atoms with E-state index < -0.39 is 11.7 Å². The van der Waals surface area contributed by atoms with E-state index in [0.717, 1.165) is 12.1 Å². The fourth-order valence-electron chi connectivity index (χ4n) is 0.672. The van der Waals surface area contributed by atoms with Gasteiger partial charge in [-0.2, -0.15) is 0 Å². The zero-order chi connectivity index (χ0) is 8.48. The molecule has 12 heavy (non-hydrogen) atoms. The van der Waals surface area contributed by atoms with E-state index in [1.54, 1.807) is 6.07 Å². The van der Waals surface area contributed by atoms with Crippen molar-refractivity contribution < 1.29 is 13.2 Å². The first kappa shape index (κ1) is 11.8. The molecule has 67 valence electrons. The predicted octanol–water partition coefficient (Wildman–Crippen LogP) is 1.92. The van der Waals surface area contributed by atoms with Gasteiger partial charge in [-0.15, -0.1) is 12.4 Å². The fourth-order valence-corrected chi connectivity index (χ4v) is 1.10. The van der Waals surface area contributed by atoms with E-state index in [1.807, 2.05) is 0 Å². The molecule has 0 fully saturated rings. The minimum atomic E-state index is -4.24. The number of alkyl halides is 3. The quantitative estimate of drug-likeness (QED) is 0.625. The summed E-state index contributed by atoms with van der Waals surface area (Å²) in [6.07, 6.45) is -4.24. The Kier molecular flexibility index (Phi) is 4.11. The predicted molar refractivity (Wildman–Crippen MR) is 44.1 cm³/mol. The first-order valence-electron chi connectivity index (χ1n) is 2.84. The van der Waals surface area contributed by atoms with Crippen LogP contribution in [0, 0.1) is 0 Å². The summed E-state index contributed by atoms with van der Waals surface area (Å²) in [4.78, 5) is 0. The minimum absolute atomic E-state index is 0. The van der Waals surface area contributed by atoms with Crippen LogP contribution in [0.25, 0.3) is 0 Å². The van der Waals surface area contributed by atoms with Gasteiger partial charge >= 0.3 is 69.7 Å². The van der Waals surface area contributed by atoms with Gasteiger partial charge in [-0.1, -0.05) is 0 Å². The Hall–Kier alpha value is -0.181. The fraction of sp³-hybridized carbons (Fsp3) is 0.143. The molecular weight excluding hydrogens is 255 g/mol. The van der Waals surface area contributed by atoms with Crippen LogP contribution in [0.15, 0.2) is 24.3 Å². The molecule has 0 aliphatic rings. The second-order valence-corrected chi connectivity index (χ2v) is 3.01. The molecule has 0 amide bonds. The van der Waals surface area contributed by atoms with Gasteiger partial charge < -0.3 is 0 Å². The summed E-state index contributed by atoms with van der Waals surface area (Å²) < 4.78 is 36.4. The van der Waals surface area contributed by atoms with Gasteiger partial charge in [0.2, 0.25) is 0 Å². The van der Waals surface area contributed by atoms with Crippen molar-refractivity contribution in [3.8, 4) is 0 Å². The Bertz CT molecular complexity index is 259. The molecule has 0 aliphatic heterocycles. The third-order valence-corrected chi connectivity index (χ3v) is 1.69. The molecule has 0 saturated heterocycles. The molecule has 0 aromatic heterocycles. The van der Waals surface area contributed by atoms with Crippen LogP contribution in [-0.2, 0) is 6.18 Å². The maximum absolute atomic E-state index is 12.0. The summed E-state index contributed by atoms with van der Waals surface area (Å²) in [6.45, 7) is 0.